The average molecular weight is 348 g/mol. The molecule has 22 heavy (non-hydrogen) atoms. The molecule has 0 heterocycles. The molecule has 1 aromatic rings. The molecule has 1 rings (SSSR count). The molecule has 5 nitrogen and oxygen atoms in total. The van der Waals surface area contributed by atoms with Gasteiger partial charge in [0, 0.05) is 6.54 Å². The Balaban J connectivity index is 2.92. The molecule has 0 aliphatic carbocycles. The van der Waals surface area contributed by atoms with Crippen LogP contribution in [0.2, 0.25) is 0 Å². The molecule has 0 amide bonds. The molecule has 1 atom stereocenters. The van der Waals surface area contributed by atoms with Crippen LogP contribution in [-0.4, -0.2) is 44.8 Å². The summed E-state index contributed by atoms with van der Waals surface area (Å²) in [5, 5.41) is 10.2. The van der Waals surface area contributed by atoms with Crippen LogP contribution in [0.15, 0.2) is 17.0 Å². The number of hydrogen-bond acceptors (Lipinski definition) is 5. The molecule has 1 aromatic carbocycles. The third kappa shape index (κ3) is 5.15. The van der Waals surface area contributed by atoms with Crippen molar-refractivity contribution in [2.24, 2.45) is 0 Å². The van der Waals surface area contributed by atoms with Crippen molar-refractivity contribution >= 4 is 21.8 Å². The predicted octanol–water partition coefficient (Wildman–Crippen LogP) is 2.09. The van der Waals surface area contributed by atoms with Gasteiger partial charge in [-0.05, 0) is 62.5 Å². The fraction of sp³-hybridized carbons (Fsp3) is 0.600. The Morgan fingerprint density at radius 1 is 1.32 bits per heavy atom. The van der Waals surface area contributed by atoms with E-state index in [-0.39, 0.29) is 11.4 Å². The van der Waals surface area contributed by atoms with Crippen molar-refractivity contribution in [1.29, 1.82) is 0 Å². The lowest BCUT2D eigenvalue weighted by atomic mass is 10.1. The van der Waals surface area contributed by atoms with E-state index in [1.807, 2.05) is 6.26 Å². The van der Waals surface area contributed by atoms with E-state index in [0.29, 0.717) is 12.2 Å². The second kappa shape index (κ2) is 7.68. The minimum Gasteiger partial charge on any atom is -0.496 e. The molecule has 0 saturated carbocycles. The molecule has 0 aromatic heterocycles. The van der Waals surface area contributed by atoms with Crippen LogP contribution in [0, 0.1) is 13.8 Å². The van der Waals surface area contributed by atoms with Crippen molar-refractivity contribution in [2.75, 3.05) is 25.7 Å². The van der Waals surface area contributed by atoms with Crippen molar-refractivity contribution in [3.63, 3.8) is 0 Å². The van der Waals surface area contributed by atoms with Gasteiger partial charge in [0.05, 0.1) is 17.6 Å². The number of sulfonamides is 1. The van der Waals surface area contributed by atoms with Crippen LogP contribution in [0.25, 0.3) is 0 Å². The molecule has 126 valence electrons. The summed E-state index contributed by atoms with van der Waals surface area (Å²) in [5.41, 5.74) is 0.459. The number of aryl methyl sites for hydroxylation is 2. The number of aliphatic hydroxyl groups is 1. The summed E-state index contributed by atoms with van der Waals surface area (Å²) >= 11 is 1.62. The van der Waals surface area contributed by atoms with E-state index in [1.54, 1.807) is 51.8 Å². The maximum atomic E-state index is 12.4. The number of hydrogen-bond donors (Lipinski definition) is 2. The zero-order chi connectivity index (χ0) is 17.0. The first-order valence-corrected chi connectivity index (χ1v) is 9.87. The van der Waals surface area contributed by atoms with E-state index in [2.05, 4.69) is 4.72 Å². The van der Waals surface area contributed by atoms with E-state index < -0.39 is 15.6 Å². The summed E-state index contributed by atoms with van der Waals surface area (Å²) < 4.78 is 32.5. The van der Waals surface area contributed by atoms with Gasteiger partial charge in [0.2, 0.25) is 10.0 Å². The van der Waals surface area contributed by atoms with Gasteiger partial charge in [-0.1, -0.05) is 0 Å². The number of methoxy groups -OCH3 is 1. The van der Waals surface area contributed by atoms with Crippen molar-refractivity contribution in [3.05, 3.63) is 23.3 Å². The largest absolute Gasteiger partial charge is 0.496 e. The number of rotatable bonds is 8. The van der Waals surface area contributed by atoms with E-state index in [1.165, 1.54) is 0 Å². The molecular formula is C15H25NO4S2. The maximum absolute atomic E-state index is 12.4. The molecule has 0 spiro atoms. The van der Waals surface area contributed by atoms with Crippen LogP contribution in [0.1, 0.15) is 24.5 Å². The highest BCUT2D eigenvalue weighted by Gasteiger charge is 2.24. The topological polar surface area (TPSA) is 75.6 Å². The van der Waals surface area contributed by atoms with E-state index >= 15 is 0 Å². The van der Waals surface area contributed by atoms with Gasteiger partial charge in [-0.25, -0.2) is 13.1 Å². The van der Waals surface area contributed by atoms with Gasteiger partial charge in [0.25, 0.3) is 0 Å². The normalized spacial score (nSPS) is 14.6. The lowest BCUT2D eigenvalue weighted by Gasteiger charge is -2.23. The average Bonchev–Trinajstić information content (AvgIpc) is 2.43. The second-order valence-electron chi connectivity index (χ2n) is 5.65. The van der Waals surface area contributed by atoms with Crippen molar-refractivity contribution in [3.8, 4) is 5.75 Å². The first kappa shape index (κ1) is 19.3. The predicted molar refractivity (Wildman–Crippen MR) is 91.3 cm³/mol. The number of ether oxygens (including phenoxy) is 1. The molecule has 2 N–H and O–H groups in total. The van der Waals surface area contributed by atoms with Gasteiger partial charge in [0.15, 0.2) is 0 Å². The van der Waals surface area contributed by atoms with Gasteiger partial charge in [-0.15, -0.1) is 0 Å². The Hall–Kier alpha value is -0.760. The van der Waals surface area contributed by atoms with Crippen LogP contribution in [0.4, 0.5) is 0 Å². The third-order valence-electron chi connectivity index (χ3n) is 3.44. The standard InChI is InChI=1S/C15H25NO4S2/c1-11-8-13(9-12(2)14(11)20-4)22(18,19)16-10-15(3,17)6-7-21-5/h8-9,16-17H,6-7,10H2,1-5H3/t15-/m0/s1. The lowest BCUT2D eigenvalue weighted by molar-refractivity contribution is 0.0626. The summed E-state index contributed by atoms with van der Waals surface area (Å²) in [7, 11) is -2.10. The van der Waals surface area contributed by atoms with E-state index in [9.17, 15) is 13.5 Å². The molecule has 0 aliphatic rings. The minimum absolute atomic E-state index is 0.0139. The first-order chi connectivity index (χ1) is 10.1. The summed E-state index contributed by atoms with van der Waals surface area (Å²) in [4.78, 5) is 0.184. The third-order valence-corrected chi connectivity index (χ3v) is 5.43. The molecule has 0 fully saturated rings. The van der Waals surface area contributed by atoms with Crippen LogP contribution >= 0.6 is 11.8 Å². The zero-order valence-electron chi connectivity index (χ0n) is 13.8. The molecule has 0 radical (unpaired) electrons. The smallest absolute Gasteiger partial charge is 0.240 e. The Labute approximate surface area is 137 Å². The summed E-state index contributed by atoms with van der Waals surface area (Å²) in [6, 6.07) is 3.15. The fourth-order valence-electron chi connectivity index (χ4n) is 2.13. The van der Waals surface area contributed by atoms with Crippen LogP contribution in [-0.2, 0) is 10.0 Å². The molecule has 0 aliphatic heterocycles. The first-order valence-electron chi connectivity index (χ1n) is 6.99. The van der Waals surface area contributed by atoms with E-state index in [4.69, 9.17) is 4.74 Å². The van der Waals surface area contributed by atoms with Gasteiger partial charge >= 0.3 is 0 Å². The Bertz CT molecular complexity index is 589. The Kier molecular flexibility index (Phi) is 6.73. The summed E-state index contributed by atoms with van der Waals surface area (Å²) in [6.07, 6.45) is 2.47. The highest BCUT2D eigenvalue weighted by atomic mass is 32.2. The lowest BCUT2D eigenvalue weighted by Crippen LogP contribution is -2.41. The van der Waals surface area contributed by atoms with Gasteiger partial charge in [-0.2, -0.15) is 11.8 Å². The van der Waals surface area contributed by atoms with Crippen molar-refractivity contribution in [1.82, 2.24) is 4.72 Å². The quantitative estimate of drug-likeness (QED) is 0.753. The van der Waals surface area contributed by atoms with Gasteiger partial charge < -0.3 is 9.84 Å². The highest BCUT2D eigenvalue weighted by Crippen LogP contribution is 2.26. The molecule has 7 heteroatoms. The van der Waals surface area contributed by atoms with Gasteiger partial charge in [0.1, 0.15) is 5.75 Å². The molecule has 0 bridgehead atoms. The summed E-state index contributed by atoms with van der Waals surface area (Å²) in [5.74, 6) is 1.46. The minimum atomic E-state index is -3.66. The number of thioether (sulfide) groups is 1. The SMILES string of the molecule is COc1c(C)cc(S(=O)(=O)NC[C@@](C)(O)CCSC)cc1C. The number of nitrogens with one attached hydrogen (secondary N) is 1. The van der Waals surface area contributed by atoms with Crippen LogP contribution in [0.5, 0.6) is 5.75 Å². The maximum Gasteiger partial charge on any atom is 0.240 e. The van der Waals surface area contributed by atoms with Crippen molar-refractivity contribution in [2.45, 2.75) is 37.7 Å². The van der Waals surface area contributed by atoms with Crippen LogP contribution < -0.4 is 9.46 Å². The zero-order valence-corrected chi connectivity index (χ0v) is 15.4. The number of benzene rings is 1. The molecular weight excluding hydrogens is 322 g/mol. The molecule has 0 saturated heterocycles. The second-order valence-corrected chi connectivity index (χ2v) is 8.41. The fourth-order valence-corrected chi connectivity index (χ4v) is 4.11. The van der Waals surface area contributed by atoms with E-state index in [0.717, 1.165) is 16.9 Å². The Morgan fingerprint density at radius 2 is 1.86 bits per heavy atom. The highest BCUT2D eigenvalue weighted by molar-refractivity contribution is 7.98. The Morgan fingerprint density at radius 3 is 2.32 bits per heavy atom. The monoisotopic (exact) mass is 347 g/mol. The van der Waals surface area contributed by atoms with Crippen molar-refractivity contribution < 1.29 is 18.3 Å². The van der Waals surface area contributed by atoms with Crippen LogP contribution in [0.3, 0.4) is 0 Å². The van der Waals surface area contributed by atoms with Gasteiger partial charge in [-0.3, -0.25) is 0 Å². The summed E-state index contributed by atoms with van der Waals surface area (Å²) in [6.45, 7) is 5.23. The molecule has 0 unspecified atom stereocenters.